The highest BCUT2D eigenvalue weighted by atomic mass is 16.3. The Kier molecular flexibility index (Phi) is 4.95. The summed E-state index contributed by atoms with van der Waals surface area (Å²) in [6, 6.07) is 12.7. The predicted octanol–water partition coefficient (Wildman–Crippen LogP) is 6.43. The van der Waals surface area contributed by atoms with E-state index in [-0.39, 0.29) is 5.92 Å². The van der Waals surface area contributed by atoms with Gasteiger partial charge in [-0.1, -0.05) is 77.9 Å². The first-order valence-corrected chi connectivity index (χ1v) is 8.29. The smallest absolute Gasteiger partial charge is 0.123 e. The van der Waals surface area contributed by atoms with Crippen LogP contribution in [0.5, 0.6) is 5.75 Å². The molecule has 0 aromatic heterocycles. The van der Waals surface area contributed by atoms with Crippen LogP contribution in [0.15, 0.2) is 36.4 Å². The van der Waals surface area contributed by atoms with Crippen LogP contribution in [0.2, 0.25) is 0 Å². The summed E-state index contributed by atoms with van der Waals surface area (Å²) in [4.78, 5) is 0. The van der Waals surface area contributed by atoms with E-state index in [4.69, 9.17) is 0 Å². The summed E-state index contributed by atoms with van der Waals surface area (Å²) in [5.74, 6) is 1.50. The van der Waals surface area contributed by atoms with Gasteiger partial charge < -0.3 is 5.11 Å². The first-order valence-electron chi connectivity index (χ1n) is 8.29. The number of hydrogen-bond acceptors (Lipinski definition) is 1. The van der Waals surface area contributed by atoms with Crippen LogP contribution in [0, 0.1) is 0 Å². The van der Waals surface area contributed by atoms with Crippen molar-refractivity contribution in [3.63, 3.8) is 0 Å². The molecule has 1 N–H and O–H groups in total. The maximum atomic E-state index is 10.9. The lowest BCUT2D eigenvalue weighted by Crippen LogP contribution is -2.04. The Balaban J connectivity index is 2.88. The molecule has 22 heavy (non-hydrogen) atoms. The molecule has 118 valence electrons. The maximum Gasteiger partial charge on any atom is 0.123 e. The number of hydrogen-bond donors (Lipinski definition) is 1. The van der Waals surface area contributed by atoms with Crippen molar-refractivity contribution < 1.29 is 5.11 Å². The third kappa shape index (κ3) is 3.04. The Bertz CT molecular complexity index is 637. The van der Waals surface area contributed by atoms with Gasteiger partial charge in [0.1, 0.15) is 5.75 Å². The molecule has 2 aromatic rings. The lowest BCUT2D eigenvalue weighted by molar-refractivity contribution is 0.454. The number of phenolic OH excluding ortho intramolecular Hbond substituents is 1. The summed E-state index contributed by atoms with van der Waals surface area (Å²) >= 11 is 0. The molecule has 0 radical (unpaired) electrons. The largest absolute Gasteiger partial charge is 0.507 e. The fourth-order valence-electron chi connectivity index (χ4n) is 3.12. The van der Waals surface area contributed by atoms with Crippen LogP contribution in [0.4, 0.5) is 0 Å². The molecule has 1 nitrogen and oxygen atoms in total. The van der Waals surface area contributed by atoms with E-state index in [2.05, 4.69) is 71.9 Å². The van der Waals surface area contributed by atoms with Crippen molar-refractivity contribution in [3.05, 3.63) is 53.1 Å². The first-order chi connectivity index (χ1) is 10.3. The summed E-state index contributed by atoms with van der Waals surface area (Å²) in [6.45, 7) is 13.1. The van der Waals surface area contributed by atoms with E-state index < -0.39 is 0 Å². The van der Waals surface area contributed by atoms with Crippen molar-refractivity contribution in [1.29, 1.82) is 0 Å². The van der Waals surface area contributed by atoms with E-state index in [1.165, 1.54) is 16.7 Å². The minimum atomic E-state index is 0.284. The number of benzene rings is 2. The third-order valence-electron chi connectivity index (χ3n) is 4.28. The molecule has 0 atom stereocenters. The zero-order chi connectivity index (χ0) is 16.4. The SMILES string of the molecule is CC(C)c1cc(C(C)C)c(-c2ccccc2)c(C(C)C)c1O. The van der Waals surface area contributed by atoms with Gasteiger partial charge in [-0.2, -0.15) is 0 Å². The van der Waals surface area contributed by atoms with Gasteiger partial charge in [0.15, 0.2) is 0 Å². The molecule has 0 heterocycles. The zero-order valence-electron chi connectivity index (χ0n) is 14.6. The zero-order valence-corrected chi connectivity index (χ0v) is 14.6. The van der Waals surface area contributed by atoms with E-state index in [9.17, 15) is 5.11 Å². The van der Waals surface area contributed by atoms with Gasteiger partial charge in [-0.05, 0) is 40.0 Å². The molecule has 0 amide bonds. The molecule has 0 bridgehead atoms. The predicted molar refractivity (Wildman–Crippen MR) is 95.8 cm³/mol. The highest BCUT2D eigenvalue weighted by Gasteiger charge is 2.23. The summed E-state index contributed by atoms with van der Waals surface area (Å²) in [5, 5.41) is 10.9. The highest BCUT2D eigenvalue weighted by Crippen LogP contribution is 2.44. The molecule has 0 aliphatic carbocycles. The standard InChI is InChI=1S/C21H28O/c1-13(2)17-12-18(14(3)4)21(22)19(15(5)6)20(17)16-10-8-7-9-11-16/h7-15,22H,1-6H3. The Morgan fingerprint density at radius 1 is 0.727 bits per heavy atom. The number of rotatable bonds is 4. The topological polar surface area (TPSA) is 20.2 Å². The molecule has 2 rings (SSSR count). The number of aromatic hydroxyl groups is 1. The van der Waals surface area contributed by atoms with Crippen LogP contribution in [-0.2, 0) is 0 Å². The Morgan fingerprint density at radius 3 is 1.73 bits per heavy atom. The second-order valence-electron chi connectivity index (χ2n) is 7.02. The lowest BCUT2D eigenvalue weighted by atomic mass is 9.81. The monoisotopic (exact) mass is 296 g/mol. The Hall–Kier alpha value is -1.76. The molecule has 0 aliphatic heterocycles. The molecular formula is C21H28O. The van der Waals surface area contributed by atoms with Crippen molar-refractivity contribution in [3.8, 4) is 16.9 Å². The van der Waals surface area contributed by atoms with Gasteiger partial charge in [-0.3, -0.25) is 0 Å². The highest BCUT2D eigenvalue weighted by molar-refractivity contribution is 5.76. The fourth-order valence-corrected chi connectivity index (χ4v) is 3.12. The van der Waals surface area contributed by atoms with Gasteiger partial charge in [-0.25, -0.2) is 0 Å². The van der Waals surface area contributed by atoms with Crippen molar-refractivity contribution in [1.82, 2.24) is 0 Å². The van der Waals surface area contributed by atoms with Crippen molar-refractivity contribution in [2.45, 2.75) is 59.3 Å². The second kappa shape index (κ2) is 6.56. The minimum Gasteiger partial charge on any atom is -0.507 e. The molecule has 0 aliphatic rings. The molecule has 0 saturated carbocycles. The molecular weight excluding hydrogens is 268 g/mol. The molecule has 2 aromatic carbocycles. The van der Waals surface area contributed by atoms with E-state index in [0.29, 0.717) is 17.6 Å². The quantitative estimate of drug-likeness (QED) is 0.689. The van der Waals surface area contributed by atoms with Gasteiger partial charge in [0, 0.05) is 5.56 Å². The van der Waals surface area contributed by atoms with Crippen LogP contribution in [0.3, 0.4) is 0 Å². The maximum absolute atomic E-state index is 10.9. The third-order valence-corrected chi connectivity index (χ3v) is 4.28. The molecule has 0 saturated heterocycles. The van der Waals surface area contributed by atoms with Crippen molar-refractivity contribution in [2.24, 2.45) is 0 Å². The van der Waals surface area contributed by atoms with Crippen LogP contribution < -0.4 is 0 Å². The summed E-state index contributed by atoms with van der Waals surface area (Å²) < 4.78 is 0. The van der Waals surface area contributed by atoms with Crippen LogP contribution in [-0.4, -0.2) is 5.11 Å². The average molecular weight is 296 g/mol. The van der Waals surface area contributed by atoms with Crippen LogP contribution in [0.25, 0.3) is 11.1 Å². The average Bonchev–Trinajstić information content (AvgIpc) is 2.46. The van der Waals surface area contributed by atoms with Gasteiger partial charge >= 0.3 is 0 Å². The van der Waals surface area contributed by atoms with Gasteiger partial charge in [-0.15, -0.1) is 0 Å². The van der Waals surface area contributed by atoms with Crippen molar-refractivity contribution >= 4 is 0 Å². The fraction of sp³-hybridized carbons (Fsp3) is 0.429. The Morgan fingerprint density at radius 2 is 1.27 bits per heavy atom. The molecule has 0 spiro atoms. The van der Waals surface area contributed by atoms with Crippen LogP contribution >= 0.6 is 0 Å². The van der Waals surface area contributed by atoms with E-state index in [1.807, 2.05) is 6.07 Å². The second-order valence-corrected chi connectivity index (χ2v) is 7.02. The Labute approximate surface area is 135 Å². The molecule has 0 fully saturated rings. The lowest BCUT2D eigenvalue weighted by Gasteiger charge is -2.25. The van der Waals surface area contributed by atoms with Gasteiger partial charge in [0.2, 0.25) is 0 Å². The summed E-state index contributed by atoms with van der Waals surface area (Å²) in [6.07, 6.45) is 0. The van der Waals surface area contributed by atoms with Gasteiger partial charge in [0.25, 0.3) is 0 Å². The summed E-state index contributed by atoms with van der Waals surface area (Å²) in [5.41, 5.74) is 5.89. The van der Waals surface area contributed by atoms with Crippen molar-refractivity contribution in [2.75, 3.05) is 0 Å². The number of phenols is 1. The minimum absolute atomic E-state index is 0.284. The van der Waals surface area contributed by atoms with E-state index >= 15 is 0 Å². The normalized spacial score (nSPS) is 11.7. The molecule has 1 heteroatoms. The summed E-state index contributed by atoms with van der Waals surface area (Å²) in [7, 11) is 0. The molecule has 0 unspecified atom stereocenters. The van der Waals surface area contributed by atoms with Crippen LogP contribution in [0.1, 0.15) is 76.0 Å². The van der Waals surface area contributed by atoms with Gasteiger partial charge in [0.05, 0.1) is 0 Å². The first kappa shape index (κ1) is 16.6. The van der Waals surface area contributed by atoms with E-state index in [1.54, 1.807) is 0 Å². The van der Waals surface area contributed by atoms with E-state index in [0.717, 1.165) is 11.1 Å².